The number of aliphatic hydroxyl groups excluding tert-OH is 1. The van der Waals surface area contributed by atoms with Gasteiger partial charge in [-0.15, -0.1) is 0 Å². The van der Waals surface area contributed by atoms with Gasteiger partial charge in [-0.25, -0.2) is 0 Å². The molecule has 0 amide bonds. The van der Waals surface area contributed by atoms with Crippen LogP contribution in [-0.2, 0) is 0 Å². The molecule has 0 aromatic carbocycles. The third-order valence-corrected chi connectivity index (χ3v) is 9.70. The van der Waals surface area contributed by atoms with Gasteiger partial charge in [-0.2, -0.15) is 0 Å². The predicted octanol–water partition coefficient (Wildman–Crippen LogP) is 6.61. The van der Waals surface area contributed by atoms with E-state index in [-0.39, 0.29) is 18.9 Å². The number of hydrogen-bond acceptors (Lipinski definition) is 1. The van der Waals surface area contributed by atoms with E-state index in [1.165, 1.54) is 44.9 Å². The second-order valence-electron chi connectivity index (χ2n) is 10.7. The molecule has 0 saturated heterocycles. The van der Waals surface area contributed by atoms with E-state index in [1.807, 2.05) is 0 Å². The molecule has 0 radical (unpaired) electrons. The highest BCUT2D eigenvalue weighted by Crippen LogP contribution is 2.69. The first-order valence-corrected chi connectivity index (χ1v) is 10.6. The van der Waals surface area contributed by atoms with Crippen LogP contribution in [0.3, 0.4) is 0 Å². The van der Waals surface area contributed by atoms with Crippen molar-refractivity contribution in [3.8, 4) is 0 Å². The van der Waals surface area contributed by atoms with Crippen molar-refractivity contribution in [3.05, 3.63) is 11.6 Å². The topological polar surface area (TPSA) is 20.2 Å². The number of allylic oxidation sites excluding steroid dienone is 1. The summed E-state index contributed by atoms with van der Waals surface area (Å²) >= 11 is 0. The Bertz CT molecular complexity index is 546. The molecule has 3 saturated carbocycles. The molecule has 4 aliphatic carbocycles. The number of fused-ring (bicyclic) bond motifs is 5. The molecule has 0 aliphatic heterocycles. The van der Waals surface area contributed by atoms with Crippen molar-refractivity contribution in [2.24, 2.45) is 39.9 Å². The van der Waals surface area contributed by atoms with E-state index in [9.17, 15) is 5.11 Å². The summed E-state index contributed by atoms with van der Waals surface area (Å²) in [4.78, 5) is 0. The average Bonchev–Trinajstić information content (AvgIpc) is 2.87. The largest absolute Gasteiger partial charge is 0.392 e. The van der Waals surface area contributed by atoms with Crippen LogP contribution in [0.2, 0.25) is 0 Å². The van der Waals surface area contributed by atoms with Crippen molar-refractivity contribution in [3.63, 3.8) is 0 Å². The number of rotatable bonds is 1. The van der Waals surface area contributed by atoms with Crippen LogP contribution in [0.4, 0.5) is 0 Å². The van der Waals surface area contributed by atoms with E-state index < -0.39 is 0 Å². The molecule has 4 aliphatic rings. The van der Waals surface area contributed by atoms with Gasteiger partial charge in [-0.05, 0) is 79.4 Å². The Morgan fingerprint density at radius 2 is 1.64 bits per heavy atom. The molecule has 1 nitrogen and oxygen atoms in total. The first-order valence-electron chi connectivity index (χ1n) is 10.6. The van der Waals surface area contributed by atoms with Gasteiger partial charge in [0, 0.05) is 5.41 Å². The van der Waals surface area contributed by atoms with Gasteiger partial charge in [-0.1, -0.05) is 60.1 Å². The van der Waals surface area contributed by atoms with Crippen molar-refractivity contribution >= 4 is 0 Å². The van der Waals surface area contributed by atoms with Crippen LogP contribution in [0, 0.1) is 39.9 Å². The fourth-order valence-corrected chi connectivity index (χ4v) is 7.94. The van der Waals surface area contributed by atoms with Crippen LogP contribution in [0.5, 0.6) is 0 Å². The van der Waals surface area contributed by atoms with Gasteiger partial charge in [-0.3, -0.25) is 0 Å². The third-order valence-electron chi connectivity index (χ3n) is 9.70. The molecule has 7 atom stereocenters. The zero-order valence-corrected chi connectivity index (χ0v) is 16.6. The minimum Gasteiger partial charge on any atom is -0.392 e. The Kier molecular flexibility index (Phi) is 4.76. The molecule has 25 heavy (non-hydrogen) atoms. The summed E-state index contributed by atoms with van der Waals surface area (Å²) in [6.45, 7) is 12.2. The van der Waals surface area contributed by atoms with Crippen molar-refractivity contribution in [1.29, 1.82) is 0 Å². The summed E-state index contributed by atoms with van der Waals surface area (Å²) in [6, 6.07) is 0. The van der Waals surface area contributed by atoms with E-state index >= 15 is 0 Å². The third kappa shape index (κ3) is 2.43. The quantitative estimate of drug-likeness (QED) is 0.530. The number of hydrogen-bond donors (Lipinski definition) is 1. The summed E-state index contributed by atoms with van der Waals surface area (Å²) in [5.74, 6) is 3.50. The van der Waals surface area contributed by atoms with Crippen molar-refractivity contribution in [2.45, 2.75) is 99.5 Å². The zero-order chi connectivity index (χ0) is 17.3. The first-order chi connectivity index (χ1) is 11.2. The molecule has 0 spiro atoms. The van der Waals surface area contributed by atoms with E-state index in [2.05, 4.69) is 40.7 Å². The summed E-state index contributed by atoms with van der Waals surface area (Å²) in [6.07, 6.45) is 13.1. The highest BCUT2D eigenvalue weighted by molar-refractivity contribution is 5.28. The molecule has 0 aromatic heterocycles. The van der Waals surface area contributed by atoms with Crippen LogP contribution in [-0.4, -0.2) is 11.2 Å². The highest BCUT2D eigenvalue weighted by Gasteiger charge is 2.61. The van der Waals surface area contributed by atoms with Crippen LogP contribution >= 0.6 is 0 Å². The van der Waals surface area contributed by atoms with E-state index in [4.69, 9.17) is 0 Å². The molecule has 0 heterocycles. The summed E-state index contributed by atoms with van der Waals surface area (Å²) < 4.78 is 0. The van der Waals surface area contributed by atoms with Crippen molar-refractivity contribution in [2.75, 3.05) is 0 Å². The van der Waals surface area contributed by atoms with Gasteiger partial charge in [0.15, 0.2) is 0 Å². The van der Waals surface area contributed by atoms with Gasteiger partial charge in [0.05, 0.1) is 6.10 Å². The van der Waals surface area contributed by atoms with Gasteiger partial charge in [0.25, 0.3) is 0 Å². The van der Waals surface area contributed by atoms with Gasteiger partial charge in [0.1, 0.15) is 0 Å². The zero-order valence-electron chi connectivity index (χ0n) is 16.6. The molecule has 1 N–H and O–H groups in total. The normalized spacial score (nSPS) is 50.8. The molecule has 0 aromatic rings. The van der Waals surface area contributed by atoms with Crippen LogP contribution in [0.1, 0.15) is 93.4 Å². The molecule has 0 bridgehead atoms. The SMILES string of the molecule is C.CCC1CCC2C3CC=C4C(CCC(O)C4(C)C)C3(C)CC[C@]12C. The molecular formula is C24H42O. The van der Waals surface area contributed by atoms with Crippen molar-refractivity contribution < 1.29 is 5.11 Å². The standard InChI is InChI=1S/C23H38O.CH4/c1-6-15-7-8-18-19-10-9-16-17(11-12-20(24)21(16,2)3)23(19,5)14-13-22(15,18)4;/h9,15,17-20,24H,6-8,10-14H2,1-5H3;1H4/t15?,17?,18?,19?,20?,22-,23?;/m1./s1. The van der Waals surface area contributed by atoms with Gasteiger partial charge < -0.3 is 5.11 Å². The second kappa shape index (κ2) is 6.11. The maximum absolute atomic E-state index is 10.6. The second-order valence-corrected chi connectivity index (χ2v) is 10.7. The lowest BCUT2D eigenvalue weighted by Crippen LogP contribution is -2.54. The Labute approximate surface area is 156 Å². The predicted molar refractivity (Wildman–Crippen MR) is 107 cm³/mol. The summed E-state index contributed by atoms with van der Waals surface area (Å²) in [5.41, 5.74) is 2.68. The smallest absolute Gasteiger partial charge is 0.0628 e. The van der Waals surface area contributed by atoms with Crippen LogP contribution < -0.4 is 0 Å². The molecule has 6 unspecified atom stereocenters. The fourth-order valence-electron chi connectivity index (χ4n) is 7.94. The molecule has 4 rings (SSSR count). The van der Waals surface area contributed by atoms with Gasteiger partial charge in [0.2, 0.25) is 0 Å². The lowest BCUT2D eigenvalue weighted by molar-refractivity contribution is -0.0912. The van der Waals surface area contributed by atoms with Crippen LogP contribution in [0.25, 0.3) is 0 Å². The van der Waals surface area contributed by atoms with E-state index in [1.54, 1.807) is 5.57 Å². The average molecular weight is 347 g/mol. The molecule has 144 valence electrons. The van der Waals surface area contributed by atoms with Crippen LogP contribution in [0.15, 0.2) is 11.6 Å². The first kappa shape index (κ1) is 19.5. The maximum atomic E-state index is 10.6. The fraction of sp³-hybridized carbons (Fsp3) is 0.917. The van der Waals surface area contributed by atoms with E-state index in [0.717, 1.165) is 30.1 Å². The number of aliphatic hydroxyl groups is 1. The Morgan fingerprint density at radius 1 is 0.960 bits per heavy atom. The molecule has 3 fully saturated rings. The Morgan fingerprint density at radius 3 is 2.32 bits per heavy atom. The summed E-state index contributed by atoms with van der Waals surface area (Å²) in [5, 5.41) is 10.6. The van der Waals surface area contributed by atoms with Crippen molar-refractivity contribution in [1.82, 2.24) is 0 Å². The Balaban J connectivity index is 0.00000182. The maximum Gasteiger partial charge on any atom is 0.0628 e. The Hall–Kier alpha value is -0.300. The highest BCUT2D eigenvalue weighted by atomic mass is 16.3. The lowest BCUT2D eigenvalue weighted by Gasteiger charge is -2.61. The lowest BCUT2D eigenvalue weighted by atomic mass is 9.43. The van der Waals surface area contributed by atoms with E-state index in [0.29, 0.717) is 10.8 Å². The minimum absolute atomic E-state index is 0. The minimum atomic E-state index is -0.148. The molecular weight excluding hydrogens is 304 g/mol. The monoisotopic (exact) mass is 346 g/mol. The van der Waals surface area contributed by atoms with Gasteiger partial charge >= 0.3 is 0 Å². The molecule has 1 heteroatoms. The summed E-state index contributed by atoms with van der Waals surface area (Å²) in [7, 11) is 0.